The van der Waals surface area contributed by atoms with Gasteiger partial charge in [0.15, 0.2) is 0 Å². The third-order valence-electron chi connectivity index (χ3n) is 6.96. The maximum atomic E-state index is 13.5. The van der Waals surface area contributed by atoms with Crippen LogP contribution in [-0.2, 0) is 16.2 Å². The number of anilines is 1. The lowest BCUT2D eigenvalue weighted by atomic mass is 9.92. The predicted octanol–water partition coefficient (Wildman–Crippen LogP) is 6.52. The van der Waals surface area contributed by atoms with Crippen molar-refractivity contribution in [2.45, 2.75) is 26.5 Å². The summed E-state index contributed by atoms with van der Waals surface area (Å²) in [7, 11) is 1.56. The highest BCUT2D eigenvalue weighted by molar-refractivity contribution is 6.51. The maximum Gasteiger partial charge on any atom is 0.300 e. The van der Waals surface area contributed by atoms with E-state index in [2.05, 4.69) is 0 Å². The number of amides is 1. The molecule has 0 radical (unpaired) electrons. The number of ketones is 1. The van der Waals surface area contributed by atoms with E-state index in [0.29, 0.717) is 29.4 Å². The van der Waals surface area contributed by atoms with Crippen LogP contribution >= 0.6 is 0 Å². The molecule has 0 aliphatic carbocycles. The van der Waals surface area contributed by atoms with Gasteiger partial charge in [-0.05, 0) is 78.6 Å². The van der Waals surface area contributed by atoms with E-state index in [1.54, 1.807) is 49.6 Å². The van der Waals surface area contributed by atoms with Crippen molar-refractivity contribution < 1.29 is 24.2 Å². The zero-order valence-corrected chi connectivity index (χ0v) is 22.0. The minimum Gasteiger partial charge on any atom is -0.507 e. The minimum atomic E-state index is -0.797. The highest BCUT2D eigenvalue weighted by atomic mass is 16.5. The van der Waals surface area contributed by atoms with Crippen LogP contribution in [0.3, 0.4) is 0 Å². The van der Waals surface area contributed by atoms with Gasteiger partial charge in [-0.15, -0.1) is 0 Å². The van der Waals surface area contributed by atoms with Gasteiger partial charge in [-0.25, -0.2) is 0 Å². The third-order valence-corrected chi connectivity index (χ3v) is 6.96. The number of methoxy groups -OCH3 is 1. The number of ether oxygens (including phenoxy) is 2. The lowest BCUT2D eigenvalue weighted by Crippen LogP contribution is -2.29. The van der Waals surface area contributed by atoms with Crippen LogP contribution in [0.2, 0.25) is 0 Å². The van der Waals surface area contributed by atoms with Crippen molar-refractivity contribution >= 4 is 23.1 Å². The number of hydrogen-bond donors (Lipinski definition) is 1. The molecular formula is C33H29NO5. The summed E-state index contributed by atoms with van der Waals surface area (Å²) in [6, 6.07) is 28.8. The third kappa shape index (κ3) is 5.01. The summed E-state index contributed by atoms with van der Waals surface area (Å²) in [5.74, 6) is -0.360. The summed E-state index contributed by atoms with van der Waals surface area (Å²) in [6.45, 7) is 4.21. The van der Waals surface area contributed by atoms with Gasteiger partial charge in [0, 0.05) is 11.3 Å². The Morgan fingerprint density at radius 2 is 1.54 bits per heavy atom. The molecule has 196 valence electrons. The van der Waals surface area contributed by atoms with Crippen molar-refractivity contribution in [1.82, 2.24) is 0 Å². The molecule has 1 atom stereocenters. The van der Waals surface area contributed by atoms with E-state index in [1.807, 2.05) is 68.4 Å². The standard InChI is InChI=1S/C33H29NO5/c1-21-9-7-8-12-27(21)30-29(32(36)33(37)34(30)25-14-16-26(38-3)17-15-25)31(35)24-13-18-28(22(2)19-24)39-20-23-10-5-4-6-11-23/h4-19,30,35H,20H2,1-3H3/b31-29+. The zero-order chi connectivity index (χ0) is 27.5. The number of hydrogen-bond acceptors (Lipinski definition) is 5. The van der Waals surface area contributed by atoms with Gasteiger partial charge in [-0.2, -0.15) is 0 Å². The van der Waals surface area contributed by atoms with E-state index in [-0.39, 0.29) is 11.3 Å². The summed E-state index contributed by atoms with van der Waals surface area (Å²) in [5, 5.41) is 11.5. The number of Topliss-reactive ketones (excluding diaryl/α,β-unsaturated/α-hetero) is 1. The monoisotopic (exact) mass is 519 g/mol. The zero-order valence-electron chi connectivity index (χ0n) is 22.0. The first kappa shape index (κ1) is 25.8. The fourth-order valence-corrected chi connectivity index (χ4v) is 4.88. The molecule has 0 bridgehead atoms. The van der Waals surface area contributed by atoms with E-state index in [4.69, 9.17) is 9.47 Å². The Kier molecular flexibility index (Phi) is 7.19. The number of aliphatic hydroxyl groups excluding tert-OH is 1. The van der Waals surface area contributed by atoms with Crippen LogP contribution in [0.1, 0.15) is 33.9 Å². The van der Waals surface area contributed by atoms with Crippen LogP contribution in [0.4, 0.5) is 5.69 Å². The number of aliphatic hydroxyl groups is 1. The van der Waals surface area contributed by atoms with Gasteiger partial charge >= 0.3 is 0 Å². The highest BCUT2D eigenvalue weighted by Crippen LogP contribution is 2.43. The summed E-state index contributed by atoms with van der Waals surface area (Å²) in [6.07, 6.45) is 0. The van der Waals surface area contributed by atoms with Crippen molar-refractivity contribution in [3.8, 4) is 11.5 Å². The smallest absolute Gasteiger partial charge is 0.300 e. The lowest BCUT2D eigenvalue weighted by Gasteiger charge is -2.26. The lowest BCUT2D eigenvalue weighted by molar-refractivity contribution is -0.132. The Balaban J connectivity index is 1.56. The summed E-state index contributed by atoms with van der Waals surface area (Å²) >= 11 is 0. The SMILES string of the molecule is COc1ccc(N2C(=O)C(=O)/C(=C(/O)c3ccc(OCc4ccccc4)c(C)c3)C2c2ccccc2C)cc1. The van der Waals surface area contributed by atoms with Gasteiger partial charge < -0.3 is 14.6 Å². The normalized spacial score (nSPS) is 16.4. The number of benzene rings is 4. The molecule has 4 aromatic rings. The van der Waals surface area contributed by atoms with Gasteiger partial charge in [0.1, 0.15) is 23.9 Å². The molecule has 0 spiro atoms. The fourth-order valence-electron chi connectivity index (χ4n) is 4.88. The van der Waals surface area contributed by atoms with Crippen LogP contribution in [0.5, 0.6) is 11.5 Å². The molecule has 1 aliphatic heterocycles. The topological polar surface area (TPSA) is 76.1 Å². The molecule has 1 aliphatic rings. The molecule has 1 unspecified atom stereocenters. The summed E-state index contributed by atoms with van der Waals surface area (Å²) in [5.41, 5.74) is 4.51. The molecule has 6 heteroatoms. The first-order chi connectivity index (χ1) is 18.9. The van der Waals surface area contributed by atoms with Crippen molar-refractivity contribution in [3.63, 3.8) is 0 Å². The average molecular weight is 520 g/mol. The van der Waals surface area contributed by atoms with E-state index in [0.717, 1.165) is 22.3 Å². The number of nitrogens with zero attached hydrogens (tertiary/aromatic N) is 1. The molecule has 1 heterocycles. The van der Waals surface area contributed by atoms with Gasteiger partial charge in [0.25, 0.3) is 11.7 Å². The molecule has 39 heavy (non-hydrogen) atoms. The van der Waals surface area contributed by atoms with E-state index < -0.39 is 17.7 Å². The first-order valence-electron chi connectivity index (χ1n) is 12.7. The largest absolute Gasteiger partial charge is 0.507 e. The molecule has 0 aromatic heterocycles. The molecule has 1 N–H and O–H groups in total. The second-order valence-corrected chi connectivity index (χ2v) is 9.48. The summed E-state index contributed by atoms with van der Waals surface area (Å²) < 4.78 is 11.2. The van der Waals surface area contributed by atoms with Crippen molar-refractivity contribution in [3.05, 3.63) is 130 Å². The molecule has 0 saturated carbocycles. The number of carbonyl (C=O) groups excluding carboxylic acids is 2. The quantitative estimate of drug-likeness (QED) is 0.171. The van der Waals surface area contributed by atoms with Gasteiger partial charge in [0.2, 0.25) is 0 Å². The van der Waals surface area contributed by atoms with Gasteiger partial charge in [-0.3, -0.25) is 14.5 Å². The van der Waals surface area contributed by atoms with Crippen molar-refractivity contribution in [2.24, 2.45) is 0 Å². The molecule has 5 rings (SSSR count). The molecule has 4 aromatic carbocycles. The van der Waals surface area contributed by atoms with Crippen LogP contribution < -0.4 is 14.4 Å². The van der Waals surface area contributed by atoms with E-state index >= 15 is 0 Å². The number of aryl methyl sites for hydroxylation is 2. The van der Waals surface area contributed by atoms with Crippen LogP contribution in [0.25, 0.3) is 5.76 Å². The molecule has 1 amide bonds. The Morgan fingerprint density at radius 3 is 2.21 bits per heavy atom. The van der Waals surface area contributed by atoms with Crippen LogP contribution in [0.15, 0.2) is 103 Å². The van der Waals surface area contributed by atoms with Gasteiger partial charge in [-0.1, -0.05) is 54.6 Å². The van der Waals surface area contributed by atoms with E-state index in [1.165, 1.54) is 4.90 Å². The second-order valence-electron chi connectivity index (χ2n) is 9.48. The van der Waals surface area contributed by atoms with Crippen LogP contribution in [0, 0.1) is 13.8 Å². The fraction of sp³-hybridized carbons (Fsp3) is 0.152. The highest BCUT2D eigenvalue weighted by Gasteiger charge is 2.47. The molecular weight excluding hydrogens is 490 g/mol. The van der Waals surface area contributed by atoms with Crippen molar-refractivity contribution in [1.29, 1.82) is 0 Å². The second kappa shape index (κ2) is 10.9. The predicted molar refractivity (Wildman–Crippen MR) is 151 cm³/mol. The van der Waals surface area contributed by atoms with Gasteiger partial charge in [0.05, 0.1) is 18.7 Å². The number of carbonyl (C=O) groups is 2. The van der Waals surface area contributed by atoms with Crippen LogP contribution in [-0.4, -0.2) is 23.9 Å². The Morgan fingerprint density at radius 1 is 0.846 bits per heavy atom. The molecule has 1 fully saturated rings. The van der Waals surface area contributed by atoms with Crippen molar-refractivity contribution in [2.75, 3.05) is 12.0 Å². The average Bonchev–Trinajstić information content (AvgIpc) is 3.22. The Hall–Kier alpha value is -4.84. The molecule has 1 saturated heterocycles. The minimum absolute atomic E-state index is 0.0440. The number of rotatable bonds is 7. The van der Waals surface area contributed by atoms with E-state index in [9.17, 15) is 14.7 Å². The first-order valence-corrected chi connectivity index (χ1v) is 12.7. The summed E-state index contributed by atoms with van der Waals surface area (Å²) in [4.78, 5) is 28.3. The Bertz CT molecular complexity index is 1560. The maximum absolute atomic E-state index is 13.5. The molecule has 6 nitrogen and oxygen atoms in total. The Labute approximate surface area is 227 Å².